The van der Waals surface area contributed by atoms with Gasteiger partial charge in [0.15, 0.2) is 0 Å². The van der Waals surface area contributed by atoms with Crippen LogP contribution in [0, 0.1) is 28.6 Å². The highest BCUT2D eigenvalue weighted by atomic mass is 16.2. The minimum atomic E-state index is -0.00772. The molecule has 7 heteroatoms. The normalized spacial score (nSPS) is 27.2. The Kier molecular flexibility index (Phi) is 2.91. The van der Waals surface area contributed by atoms with Crippen LogP contribution in [0.2, 0.25) is 0 Å². The third-order valence-electron chi connectivity index (χ3n) is 6.13. The lowest BCUT2D eigenvalue weighted by atomic mass is 10.0. The first-order valence-electron chi connectivity index (χ1n) is 8.98. The molecule has 7 nitrogen and oxygen atoms in total. The summed E-state index contributed by atoms with van der Waals surface area (Å²) in [5.41, 5.74) is 1.58. The van der Waals surface area contributed by atoms with Crippen LogP contribution in [0.15, 0.2) is 6.20 Å². The van der Waals surface area contributed by atoms with Crippen LogP contribution in [0.3, 0.4) is 0 Å². The maximum atomic E-state index is 12.1. The molecule has 0 aromatic carbocycles. The zero-order valence-corrected chi connectivity index (χ0v) is 14.2. The van der Waals surface area contributed by atoms with E-state index >= 15 is 0 Å². The summed E-state index contributed by atoms with van der Waals surface area (Å²) in [5, 5.41) is 13.0. The van der Waals surface area contributed by atoms with E-state index in [0.717, 1.165) is 43.1 Å². The standard InChI is InChI=1S/C18H20N6O/c1-2-18-5-12(18)8-24(9-18)15-13-11(6-19)7-20-14(13)21-17(22-15)23-16(25)10-3-4-10/h7,10,12H,2-5,8-9H2,1H3,(H2,20,21,22,23,25). The smallest absolute Gasteiger partial charge is 0.233 e. The molecule has 1 saturated heterocycles. The average molecular weight is 336 g/mol. The van der Waals surface area contributed by atoms with Gasteiger partial charge in [-0.2, -0.15) is 15.2 Å². The van der Waals surface area contributed by atoms with E-state index in [1.807, 2.05) is 0 Å². The number of amides is 1. The number of carbonyl (C=O) groups excluding carboxylic acids is 1. The molecular weight excluding hydrogens is 316 g/mol. The van der Waals surface area contributed by atoms with E-state index in [9.17, 15) is 10.1 Å². The van der Waals surface area contributed by atoms with E-state index in [1.54, 1.807) is 6.20 Å². The molecule has 2 aliphatic carbocycles. The van der Waals surface area contributed by atoms with Crippen molar-refractivity contribution in [2.24, 2.45) is 17.3 Å². The van der Waals surface area contributed by atoms with E-state index in [1.165, 1.54) is 12.8 Å². The maximum Gasteiger partial charge on any atom is 0.233 e. The van der Waals surface area contributed by atoms with Gasteiger partial charge in [0.05, 0.1) is 10.9 Å². The molecule has 128 valence electrons. The summed E-state index contributed by atoms with van der Waals surface area (Å²) in [4.78, 5) is 26.5. The lowest BCUT2D eigenvalue weighted by Crippen LogP contribution is -2.26. The van der Waals surface area contributed by atoms with Crippen LogP contribution >= 0.6 is 0 Å². The summed E-state index contributed by atoms with van der Waals surface area (Å²) in [7, 11) is 0. The fraction of sp³-hybridized carbons (Fsp3) is 0.556. The topological polar surface area (TPSA) is 97.7 Å². The van der Waals surface area contributed by atoms with Gasteiger partial charge in [-0.25, -0.2) is 0 Å². The molecule has 3 fully saturated rings. The maximum absolute atomic E-state index is 12.1. The Balaban J connectivity index is 1.56. The van der Waals surface area contributed by atoms with Gasteiger partial charge in [0.1, 0.15) is 17.5 Å². The van der Waals surface area contributed by atoms with Crippen LogP contribution in [-0.2, 0) is 4.79 Å². The summed E-state index contributed by atoms with van der Waals surface area (Å²) in [6.07, 6.45) is 6.01. The minimum Gasteiger partial charge on any atom is -0.355 e. The second kappa shape index (κ2) is 4.94. The number of rotatable bonds is 4. The average Bonchev–Trinajstić information content (AvgIpc) is 3.51. The quantitative estimate of drug-likeness (QED) is 0.893. The second-order valence-corrected chi connectivity index (χ2v) is 7.67. The number of anilines is 2. The number of hydrogen-bond donors (Lipinski definition) is 2. The van der Waals surface area contributed by atoms with Crippen molar-refractivity contribution in [1.82, 2.24) is 15.0 Å². The highest BCUT2D eigenvalue weighted by Crippen LogP contribution is 2.60. The molecule has 2 N–H and O–H groups in total. The van der Waals surface area contributed by atoms with Gasteiger partial charge < -0.3 is 9.88 Å². The molecule has 0 radical (unpaired) electrons. The zero-order valence-electron chi connectivity index (χ0n) is 14.2. The monoisotopic (exact) mass is 336 g/mol. The number of hydrogen-bond acceptors (Lipinski definition) is 5. The highest BCUT2D eigenvalue weighted by molar-refractivity contribution is 5.97. The number of nitrogens with one attached hydrogen (secondary N) is 2. The SMILES string of the molecule is CCC12CC1CN(c1nc(NC(=O)C3CC3)nc3[nH]cc(C#N)c13)C2. The first kappa shape index (κ1) is 14.7. The molecule has 2 atom stereocenters. The number of carbonyl (C=O) groups is 1. The predicted octanol–water partition coefficient (Wildman–Crippen LogP) is 2.41. The molecular formula is C18H20N6O. The lowest BCUT2D eigenvalue weighted by molar-refractivity contribution is -0.117. The van der Waals surface area contributed by atoms with Crippen molar-refractivity contribution in [3.63, 3.8) is 0 Å². The van der Waals surface area contributed by atoms with Crippen molar-refractivity contribution >= 4 is 28.7 Å². The fourth-order valence-corrected chi connectivity index (χ4v) is 4.25. The van der Waals surface area contributed by atoms with Gasteiger partial charge in [0.2, 0.25) is 11.9 Å². The molecule has 2 unspecified atom stereocenters. The molecule has 0 bridgehead atoms. The number of nitriles is 1. The molecule has 3 aliphatic rings. The van der Waals surface area contributed by atoms with Crippen LogP contribution in [0.1, 0.15) is 38.2 Å². The summed E-state index contributed by atoms with van der Waals surface area (Å²) in [6.45, 7) is 4.18. The molecule has 25 heavy (non-hydrogen) atoms. The third-order valence-corrected chi connectivity index (χ3v) is 6.13. The molecule has 2 aromatic rings. The predicted molar refractivity (Wildman–Crippen MR) is 93.0 cm³/mol. The second-order valence-electron chi connectivity index (χ2n) is 7.67. The van der Waals surface area contributed by atoms with Crippen LogP contribution in [0.4, 0.5) is 11.8 Å². The van der Waals surface area contributed by atoms with Crippen molar-refractivity contribution in [2.45, 2.75) is 32.6 Å². The van der Waals surface area contributed by atoms with E-state index in [0.29, 0.717) is 22.6 Å². The molecule has 2 aromatic heterocycles. The van der Waals surface area contributed by atoms with Gasteiger partial charge in [-0.3, -0.25) is 10.1 Å². The molecule has 5 rings (SSSR count). The number of aromatic nitrogens is 3. The van der Waals surface area contributed by atoms with Crippen LogP contribution < -0.4 is 10.2 Å². The van der Waals surface area contributed by atoms with E-state index in [4.69, 9.17) is 0 Å². The highest BCUT2D eigenvalue weighted by Gasteiger charge is 2.58. The van der Waals surface area contributed by atoms with Gasteiger partial charge in [-0.1, -0.05) is 6.92 Å². The number of nitrogens with zero attached hydrogens (tertiary/aromatic N) is 4. The van der Waals surface area contributed by atoms with Gasteiger partial charge in [-0.15, -0.1) is 0 Å². The first-order valence-corrected chi connectivity index (χ1v) is 8.98. The molecule has 2 saturated carbocycles. The van der Waals surface area contributed by atoms with Crippen LogP contribution in [0.25, 0.3) is 11.0 Å². The Morgan fingerprint density at radius 2 is 2.36 bits per heavy atom. The largest absolute Gasteiger partial charge is 0.355 e. The summed E-state index contributed by atoms with van der Waals surface area (Å²) in [5.74, 6) is 1.91. The van der Waals surface area contributed by atoms with Crippen molar-refractivity contribution in [1.29, 1.82) is 5.26 Å². The van der Waals surface area contributed by atoms with Crippen molar-refractivity contribution in [3.8, 4) is 6.07 Å². The minimum absolute atomic E-state index is 0.00772. The van der Waals surface area contributed by atoms with Gasteiger partial charge in [0, 0.05) is 25.2 Å². The summed E-state index contributed by atoms with van der Waals surface area (Å²) < 4.78 is 0. The molecule has 1 aliphatic heterocycles. The van der Waals surface area contributed by atoms with Gasteiger partial charge >= 0.3 is 0 Å². The number of fused-ring (bicyclic) bond motifs is 2. The molecule has 3 heterocycles. The third kappa shape index (κ3) is 2.20. The summed E-state index contributed by atoms with van der Waals surface area (Å²) >= 11 is 0. The van der Waals surface area contributed by atoms with Crippen LogP contribution in [0.5, 0.6) is 0 Å². The molecule has 1 amide bonds. The van der Waals surface area contributed by atoms with Crippen molar-refractivity contribution in [2.75, 3.05) is 23.3 Å². The van der Waals surface area contributed by atoms with Crippen molar-refractivity contribution in [3.05, 3.63) is 11.8 Å². The zero-order chi connectivity index (χ0) is 17.2. The number of H-pyrrole nitrogens is 1. The number of aromatic amines is 1. The summed E-state index contributed by atoms with van der Waals surface area (Å²) in [6, 6.07) is 2.22. The van der Waals surface area contributed by atoms with Crippen LogP contribution in [-0.4, -0.2) is 33.9 Å². The van der Waals surface area contributed by atoms with Gasteiger partial charge in [-0.05, 0) is 37.0 Å². The van der Waals surface area contributed by atoms with E-state index in [2.05, 4.69) is 38.2 Å². The Bertz CT molecular complexity index is 920. The Morgan fingerprint density at radius 1 is 1.52 bits per heavy atom. The van der Waals surface area contributed by atoms with E-state index in [-0.39, 0.29) is 11.8 Å². The van der Waals surface area contributed by atoms with E-state index < -0.39 is 0 Å². The fourth-order valence-electron chi connectivity index (χ4n) is 4.25. The van der Waals surface area contributed by atoms with Gasteiger partial charge in [0.25, 0.3) is 0 Å². The Labute approximate surface area is 145 Å². The Morgan fingerprint density at radius 3 is 3.04 bits per heavy atom. The molecule has 0 spiro atoms. The first-order chi connectivity index (χ1) is 12.1. The lowest BCUT2D eigenvalue weighted by Gasteiger charge is -2.23. The Hall–Kier alpha value is -2.62. The number of piperidine rings is 1. The van der Waals surface area contributed by atoms with Crippen molar-refractivity contribution < 1.29 is 4.79 Å².